The van der Waals surface area contributed by atoms with Crippen LogP contribution in [0, 0.1) is 17.3 Å². The molecule has 10 heteroatoms. The summed E-state index contributed by atoms with van der Waals surface area (Å²) in [7, 11) is 3.17. The van der Waals surface area contributed by atoms with Crippen LogP contribution in [0.2, 0.25) is 0 Å². The maximum atomic E-state index is 15.6. The quantitative estimate of drug-likeness (QED) is 0.610. The van der Waals surface area contributed by atoms with Crippen molar-refractivity contribution in [2.75, 3.05) is 25.1 Å². The third-order valence-corrected chi connectivity index (χ3v) is 5.28. The zero-order chi connectivity index (χ0) is 21.3. The van der Waals surface area contributed by atoms with Crippen molar-refractivity contribution in [3.63, 3.8) is 0 Å². The molecule has 8 nitrogen and oxygen atoms in total. The number of hydrogen-bond donors (Lipinski definition) is 0. The van der Waals surface area contributed by atoms with E-state index in [2.05, 4.69) is 26.2 Å². The maximum Gasteiger partial charge on any atom is 0.214 e. The zero-order valence-corrected chi connectivity index (χ0v) is 16.5. The summed E-state index contributed by atoms with van der Waals surface area (Å²) in [5, 5.41) is 17.5. The molecule has 3 aromatic heterocycles. The lowest BCUT2D eigenvalue weighted by Gasteiger charge is -2.37. The minimum atomic E-state index is -1.61. The van der Waals surface area contributed by atoms with Gasteiger partial charge >= 0.3 is 0 Å². The molecule has 1 aliphatic rings. The van der Waals surface area contributed by atoms with Gasteiger partial charge in [0.1, 0.15) is 18.1 Å². The molecule has 0 aliphatic carbocycles. The molecular formula is C20H19F2N7O. The number of aryl methyl sites for hydroxylation is 1. The number of pyridine rings is 2. The Hall–Kier alpha value is -3.61. The van der Waals surface area contributed by atoms with Gasteiger partial charge in [0.2, 0.25) is 11.8 Å². The number of nitriles is 1. The standard InChI is InChI=1S/C20H19F2N7O/c1-28-12-25-27-19(28)20(22)5-7-29(8-6-20)18-14(10-23)9-16(30-2)26-17(18)13-3-4-15(21)24-11-13/h3-4,9,11-12H,5-8H2,1-2H3. The molecule has 0 radical (unpaired) electrons. The lowest BCUT2D eigenvalue weighted by Crippen LogP contribution is -2.42. The van der Waals surface area contributed by atoms with E-state index in [1.807, 2.05) is 4.90 Å². The minimum absolute atomic E-state index is 0.178. The number of alkyl halides is 1. The van der Waals surface area contributed by atoms with Crippen molar-refractivity contribution < 1.29 is 13.5 Å². The van der Waals surface area contributed by atoms with Gasteiger partial charge in [0.05, 0.1) is 18.4 Å². The molecule has 0 unspecified atom stereocenters. The molecule has 1 fully saturated rings. The molecule has 0 amide bonds. The summed E-state index contributed by atoms with van der Waals surface area (Å²) in [6.45, 7) is 0.682. The van der Waals surface area contributed by atoms with Gasteiger partial charge in [0.25, 0.3) is 0 Å². The molecule has 154 valence electrons. The molecule has 4 heterocycles. The Morgan fingerprint density at radius 3 is 2.60 bits per heavy atom. The van der Waals surface area contributed by atoms with Crippen LogP contribution >= 0.6 is 0 Å². The van der Waals surface area contributed by atoms with Gasteiger partial charge < -0.3 is 14.2 Å². The number of anilines is 1. The predicted octanol–water partition coefficient (Wildman–Crippen LogP) is 2.76. The van der Waals surface area contributed by atoms with Crippen molar-refractivity contribution in [2.45, 2.75) is 18.5 Å². The van der Waals surface area contributed by atoms with Gasteiger partial charge in [-0.15, -0.1) is 10.2 Å². The summed E-state index contributed by atoms with van der Waals surface area (Å²) in [6.07, 6.45) is 3.18. The number of ether oxygens (including phenoxy) is 1. The Kier molecular flexibility index (Phi) is 5.03. The van der Waals surface area contributed by atoms with Gasteiger partial charge in [-0.2, -0.15) is 9.65 Å². The molecule has 0 N–H and O–H groups in total. The lowest BCUT2D eigenvalue weighted by atomic mass is 9.91. The third kappa shape index (κ3) is 3.43. The largest absolute Gasteiger partial charge is 0.481 e. The van der Waals surface area contributed by atoms with Crippen molar-refractivity contribution in [1.82, 2.24) is 24.7 Å². The van der Waals surface area contributed by atoms with E-state index in [1.54, 1.807) is 11.6 Å². The topological polar surface area (TPSA) is 92.8 Å². The van der Waals surface area contributed by atoms with Crippen LogP contribution in [-0.2, 0) is 12.7 Å². The number of rotatable bonds is 4. The SMILES string of the molecule is COc1cc(C#N)c(N2CCC(F)(c3nncn3C)CC2)c(-c2ccc(F)nc2)n1. The summed E-state index contributed by atoms with van der Waals surface area (Å²) in [4.78, 5) is 10.1. The molecule has 0 aromatic carbocycles. The Balaban J connectivity index is 1.73. The predicted molar refractivity (Wildman–Crippen MR) is 104 cm³/mol. The van der Waals surface area contributed by atoms with E-state index >= 15 is 4.39 Å². The van der Waals surface area contributed by atoms with E-state index in [4.69, 9.17) is 4.74 Å². The van der Waals surface area contributed by atoms with Crippen molar-refractivity contribution in [3.05, 3.63) is 48.1 Å². The first kappa shape index (κ1) is 19.7. The van der Waals surface area contributed by atoms with Crippen LogP contribution in [0.3, 0.4) is 0 Å². The molecule has 1 aliphatic heterocycles. The van der Waals surface area contributed by atoms with Crippen molar-refractivity contribution in [3.8, 4) is 23.2 Å². The van der Waals surface area contributed by atoms with Crippen molar-refractivity contribution in [1.29, 1.82) is 5.26 Å². The number of hydrogen-bond acceptors (Lipinski definition) is 7. The van der Waals surface area contributed by atoms with E-state index in [0.717, 1.165) is 0 Å². The Bertz CT molecular complexity index is 1100. The first-order chi connectivity index (χ1) is 14.4. The fourth-order valence-electron chi connectivity index (χ4n) is 3.74. The summed E-state index contributed by atoms with van der Waals surface area (Å²) >= 11 is 0. The van der Waals surface area contributed by atoms with Gasteiger partial charge in [-0.1, -0.05) is 0 Å². The Morgan fingerprint density at radius 1 is 1.27 bits per heavy atom. The monoisotopic (exact) mass is 411 g/mol. The Morgan fingerprint density at radius 2 is 2.03 bits per heavy atom. The third-order valence-electron chi connectivity index (χ3n) is 5.28. The van der Waals surface area contributed by atoms with Gasteiger partial charge in [-0.05, 0) is 12.1 Å². The average Bonchev–Trinajstić information content (AvgIpc) is 3.21. The highest BCUT2D eigenvalue weighted by Gasteiger charge is 2.41. The van der Waals surface area contributed by atoms with E-state index < -0.39 is 11.6 Å². The second-order valence-electron chi connectivity index (χ2n) is 7.11. The summed E-state index contributed by atoms with van der Waals surface area (Å²) in [5.74, 6) is -0.0726. The summed E-state index contributed by atoms with van der Waals surface area (Å²) in [5.41, 5.74) is 0.250. The van der Waals surface area contributed by atoms with E-state index in [0.29, 0.717) is 41.4 Å². The lowest BCUT2D eigenvalue weighted by molar-refractivity contribution is 0.109. The molecule has 0 bridgehead atoms. The van der Waals surface area contributed by atoms with Gasteiger partial charge in [-0.3, -0.25) is 0 Å². The van der Waals surface area contributed by atoms with Crippen LogP contribution in [0.25, 0.3) is 11.3 Å². The highest BCUT2D eigenvalue weighted by Crippen LogP contribution is 2.41. The highest BCUT2D eigenvalue weighted by molar-refractivity contribution is 5.80. The van der Waals surface area contributed by atoms with Crippen LogP contribution in [0.1, 0.15) is 24.2 Å². The van der Waals surface area contributed by atoms with Gasteiger partial charge in [0, 0.05) is 50.8 Å². The second kappa shape index (κ2) is 7.67. The maximum absolute atomic E-state index is 15.6. The van der Waals surface area contributed by atoms with Crippen molar-refractivity contribution in [2.24, 2.45) is 7.05 Å². The fraction of sp³-hybridized carbons (Fsp3) is 0.350. The minimum Gasteiger partial charge on any atom is -0.481 e. The molecule has 4 rings (SSSR count). The first-order valence-electron chi connectivity index (χ1n) is 9.34. The molecule has 0 atom stereocenters. The molecule has 3 aromatic rings. The Labute approximate surface area is 171 Å². The molecule has 30 heavy (non-hydrogen) atoms. The number of halogens is 2. The summed E-state index contributed by atoms with van der Waals surface area (Å²) < 4.78 is 35.7. The number of aromatic nitrogens is 5. The van der Waals surface area contributed by atoms with Crippen molar-refractivity contribution >= 4 is 5.69 Å². The smallest absolute Gasteiger partial charge is 0.214 e. The highest BCUT2D eigenvalue weighted by atomic mass is 19.1. The fourth-order valence-corrected chi connectivity index (χ4v) is 3.74. The summed E-state index contributed by atoms with van der Waals surface area (Å²) in [6, 6.07) is 6.47. The van der Waals surface area contributed by atoms with Crippen LogP contribution in [-0.4, -0.2) is 44.9 Å². The number of piperidine rings is 1. The normalized spacial score (nSPS) is 15.6. The van der Waals surface area contributed by atoms with Crippen LogP contribution < -0.4 is 9.64 Å². The van der Waals surface area contributed by atoms with Gasteiger partial charge in [-0.25, -0.2) is 14.4 Å². The first-order valence-corrected chi connectivity index (χ1v) is 9.34. The van der Waals surface area contributed by atoms with Crippen LogP contribution in [0.5, 0.6) is 5.88 Å². The average molecular weight is 411 g/mol. The van der Waals surface area contributed by atoms with Crippen LogP contribution in [0.4, 0.5) is 14.5 Å². The van der Waals surface area contributed by atoms with Gasteiger partial charge in [0.15, 0.2) is 11.5 Å². The van der Waals surface area contributed by atoms with Crippen LogP contribution in [0.15, 0.2) is 30.7 Å². The molecule has 0 saturated carbocycles. The number of methoxy groups -OCH3 is 1. The molecular weight excluding hydrogens is 392 g/mol. The second-order valence-corrected chi connectivity index (χ2v) is 7.11. The molecule has 0 spiro atoms. The van der Waals surface area contributed by atoms with E-state index in [-0.39, 0.29) is 18.7 Å². The van der Waals surface area contributed by atoms with E-state index in [9.17, 15) is 9.65 Å². The molecule has 1 saturated heterocycles. The van der Waals surface area contributed by atoms with E-state index in [1.165, 1.54) is 37.8 Å². The zero-order valence-electron chi connectivity index (χ0n) is 16.5. The number of nitrogens with zero attached hydrogens (tertiary/aromatic N) is 7.